The summed E-state index contributed by atoms with van der Waals surface area (Å²) in [7, 11) is 1.90. The SMILES string of the molecule is C[NH+](CCOc1ccc(Cl)cc1)CC(N)=O. The second-order valence-corrected chi connectivity index (χ2v) is 4.09. The van der Waals surface area contributed by atoms with Crippen molar-refractivity contribution in [3.05, 3.63) is 29.3 Å². The summed E-state index contributed by atoms with van der Waals surface area (Å²) in [6.45, 7) is 1.59. The van der Waals surface area contributed by atoms with Gasteiger partial charge in [0.25, 0.3) is 5.91 Å². The molecule has 5 heteroatoms. The van der Waals surface area contributed by atoms with Crippen molar-refractivity contribution < 1.29 is 14.4 Å². The first-order valence-electron chi connectivity index (χ1n) is 5.06. The number of ether oxygens (including phenoxy) is 1. The monoisotopic (exact) mass is 243 g/mol. The summed E-state index contributed by atoms with van der Waals surface area (Å²) in [6, 6.07) is 7.17. The highest BCUT2D eigenvalue weighted by Gasteiger charge is 2.05. The average molecular weight is 244 g/mol. The van der Waals surface area contributed by atoms with Gasteiger partial charge in [-0.25, -0.2) is 0 Å². The number of likely N-dealkylation sites (N-methyl/N-ethyl adjacent to an activating group) is 1. The molecular weight excluding hydrogens is 228 g/mol. The van der Waals surface area contributed by atoms with Crippen molar-refractivity contribution in [3.63, 3.8) is 0 Å². The Hall–Kier alpha value is -1.26. The Morgan fingerprint density at radius 3 is 2.62 bits per heavy atom. The third kappa shape index (κ3) is 5.00. The van der Waals surface area contributed by atoms with Crippen LogP contribution in [0.3, 0.4) is 0 Å². The van der Waals surface area contributed by atoms with E-state index in [1.54, 1.807) is 12.1 Å². The Labute approximate surface area is 99.9 Å². The number of nitrogens with two attached hydrogens (primary N) is 1. The first kappa shape index (κ1) is 12.8. The van der Waals surface area contributed by atoms with Crippen LogP contribution in [0.5, 0.6) is 5.75 Å². The van der Waals surface area contributed by atoms with Crippen LogP contribution in [0, 0.1) is 0 Å². The number of carbonyl (C=O) groups is 1. The number of amides is 1. The van der Waals surface area contributed by atoms with Gasteiger partial charge in [-0.1, -0.05) is 11.6 Å². The van der Waals surface area contributed by atoms with Gasteiger partial charge in [0.2, 0.25) is 0 Å². The lowest BCUT2D eigenvalue weighted by Crippen LogP contribution is -3.10. The van der Waals surface area contributed by atoms with E-state index >= 15 is 0 Å². The van der Waals surface area contributed by atoms with E-state index in [0.717, 1.165) is 17.2 Å². The fraction of sp³-hybridized carbons (Fsp3) is 0.364. The molecule has 0 aromatic heterocycles. The zero-order chi connectivity index (χ0) is 12.0. The van der Waals surface area contributed by atoms with Crippen molar-refractivity contribution in [3.8, 4) is 5.75 Å². The molecule has 1 rings (SSSR count). The Balaban J connectivity index is 2.25. The molecule has 1 atom stereocenters. The Kier molecular flexibility index (Phi) is 5.08. The van der Waals surface area contributed by atoms with Gasteiger partial charge >= 0.3 is 0 Å². The van der Waals surface area contributed by atoms with Crippen LogP contribution < -0.4 is 15.4 Å². The fourth-order valence-corrected chi connectivity index (χ4v) is 1.39. The fourth-order valence-electron chi connectivity index (χ4n) is 1.26. The Morgan fingerprint density at radius 2 is 2.06 bits per heavy atom. The quantitative estimate of drug-likeness (QED) is 0.722. The number of rotatable bonds is 6. The summed E-state index contributed by atoms with van der Waals surface area (Å²) in [6.07, 6.45) is 0. The predicted octanol–water partition coefficient (Wildman–Crippen LogP) is -0.281. The first-order chi connectivity index (χ1) is 7.58. The van der Waals surface area contributed by atoms with Crippen molar-refractivity contribution in [1.29, 1.82) is 0 Å². The molecule has 16 heavy (non-hydrogen) atoms. The highest BCUT2D eigenvalue weighted by molar-refractivity contribution is 6.30. The second-order valence-electron chi connectivity index (χ2n) is 3.65. The minimum atomic E-state index is -0.302. The minimum Gasteiger partial charge on any atom is -0.488 e. The minimum absolute atomic E-state index is 0.302. The van der Waals surface area contributed by atoms with Gasteiger partial charge in [0.15, 0.2) is 6.54 Å². The normalized spacial score (nSPS) is 12.1. The number of hydrogen-bond donors (Lipinski definition) is 2. The lowest BCUT2D eigenvalue weighted by molar-refractivity contribution is -0.871. The van der Waals surface area contributed by atoms with Crippen molar-refractivity contribution in [2.24, 2.45) is 5.73 Å². The molecule has 0 bridgehead atoms. The van der Waals surface area contributed by atoms with Crippen molar-refractivity contribution in [2.45, 2.75) is 0 Å². The summed E-state index contributed by atoms with van der Waals surface area (Å²) in [5, 5.41) is 0.684. The number of halogens is 1. The van der Waals surface area contributed by atoms with Gasteiger partial charge in [0.05, 0.1) is 7.05 Å². The van der Waals surface area contributed by atoms with Crippen LogP contribution in [0.2, 0.25) is 5.02 Å². The molecule has 0 aliphatic heterocycles. The van der Waals surface area contributed by atoms with Crippen molar-refractivity contribution >= 4 is 17.5 Å². The molecule has 0 aliphatic carbocycles. The van der Waals surface area contributed by atoms with Crippen molar-refractivity contribution in [2.75, 3.05) is 26.7 Å². The summed E-state index contributed by atoms with van der Waals surface area (Å²) >= 11 is 5.74. The zero-order valence-electron chi connectivity index (χ0n) is 9.20. The van der Waals surface area contributed by atoms with Gasteiger partial charge in [-0.15, -0.1) is 0 Å². The number of nitrogens with one attached hydrogen (secondary N) is 1. The molecular formula is C11H16ClN2O2+. The molecule has 0 spiro atoms. The molecule has 0 aliphatic rings. The molecule has 88 valence electrons. The van der Waals surface area contributed by atoms with E-state index in [1.807, 2.05) is 19.2 Å². The second kappa shape index (κ2) is 6.35. The van der Waals surface area contributed by atoms with Crippen molar-refractivity contribution in [1.82, 2.24) is 0 Å². The summed E-state index contributed by atoms with van der Waals surface area (Å²) in [5.74, 6) is 0.472. The molecule has 0 saturated heterocycles. The maximum Gasteiger partial charge on any atom is 0.272 e. The van der Waals surface area contributed by atoms with Crippen LogP contribution in [-0.2, 0) is 4.79 Å². The lowest BCUT2D eigenvalue weighted by atomic mass is 10.3. The lowest BCUT2D eigenvalue weighted by Gasteiger charge is -2.12. The zero-order valence-corrected chi connectivity index (χ0v) is 9.96. The van der Waals surface area contributed by atoms with E-state index in [0.29, 0.717) is 18.2 Å². The van der Waals surface area contributed by atoms with Gasteiger partial charge in [0, 0.05) is 5.02 Å². The van der Waals surface area contributed by atoms with Gasteiger partial charge in [-0.2, -0.15) is 0 Å². The number of quaternary nitrogens is 1. The Bertz CT molecular complexity index is 340. The van der Waals surface area contributed by atoms with Crippen LogP contribution in [0.1, 0.15) is 0 Å². The Morgan fingerprint density at radius 1 is 1.44 bits per heavy atom. The third-order valence-corrected chi connectivity index (χ3v) is 2.34. The first-order valence-corrected chi connectivity index (χ1v) is 5.43. The van der Waals surface area contributed by atoms with E-state index < -0.39 is 0 Å². The van der Waals surface area contributed by atoms with Gasteiger partial charge < -0.3 is 15.4 Å². The summed E-state index contributed by atoms with van der Waals surface area (Å²) in [4.78, 5) is 11.7. The van der Waals surface area contributed by atoms with E-state index in [4.69, 9.17) is 22.1 Å². The summed E-state index contributed by atoms with van der Waals surface area (Å²) in [5.41, 5.74) is 5.08. The van der Waals surface area contributed by atoms with Crippen LogP contribution in [-0.4, -0.2) is 32.7 Å². The molecule has 0 saturated carbocycles. The van der Waals surface area contributed by atoms with Gasteiger partial charge in [-0.3, -0.25) is 4.79 Å². The highest BCUT2D eigenvalue weighted by Crippen LogP contribution is 2.14. The van der Waals surface area contributed by atoms with Crippen LogP contribution in [0.4, 0.5) is 0 Å². The highest BCUT2D eigenvalue weighted by atomic mass is 35.5. The average Bonchev–Trinajstić information content (AvgIpc) is 2.20. The van der Waals surface area contributed by atoms with Crippen LogP contribution in [0.15, 0.2) is 24.3 Å². The van der Waals surface area contributed by atoms with Gasteiger partial charge in [0.1, 0.15) is 18.9 Å². The van der Waals surface area contributed by atoms with Crippen LogP contribution >= 0.6 is 11.6 Å². The van der Waals surface area contributed by atoms with E-state index in [1.165, 1.54) is 0 Å². The molecule has 1 unspecified atom stereocenters. The molecule has 1 aromatic carbocycles. The number of carbonyl (C=O) groups excluding carboxylic acids is 1. The van der Waals surface area contributed by atoms with Gasteiger partial charge in [-0.05, 0) is 24.3 Å². The molecule has 3 N–H and O–H groups in total. The topological polar surface area (TPSA) is 56.8 Å². The molecule has 0 radical (unpaired) electrons. The number of primary amides is 1. The van der Waals surface area contributed by atoms with E-state index in [2.05, 4.69) is 0 Å². The molecule has 1 aromatic rings. The smallest absolute Gasteiger partial charge is 0.272 e. The van der Waals surface area contributed by atoms with Crippen LogP contribution in [0.25, 0.3) is 0 Å². The molecule has 0 fully saturated rings. The predicted molar refractivity (Wildman–Crippen MR) is 62.8 cm³/mol. The van der Waals surface area contributed by atoms with E-state index in [-0.39, 0.29) is 5.91 Å². The third-order valence-electron chi connectivity index (χ3n) is 2.09. The molecule has 0 heterocycles. The maximum atomic E-state index is 10.6. The number of hydrogen-bond acceptors (Lipinski definition) is 2. The molecule has 4 nitrogen and oxygen atoms in total. The van der Waals surface area contributed by atoms with E-state index in [9.17, 15) is 4.79 Å². The number of benzene rings is 1. The summed E-state index contributed by atoms with van der Waals surface area (Å²) < 4.78 is 5.48. The maximum absolute atomic E-state index is 10.6. The largest absolute Gasteiger partial charge is 0.488 e. The molecule has 1 amide bonds. The standard InChI is InChI=1S/C11H15ClN2O2/c1-14(8-11(13)15)6-7-16-10-4-2-9(12)3-5-10/h2-5H,6-8H2,1H3,(H2,13,15)/p+1.